The number of anilines is 1. The van der Waals surface area contributed by atoms with Crippen LogP contribution in [0.4, 0.5) is 14.9 Å². The molecule has 0 aromatic heterocycles. The molecule has 0 radical (unpaired) electrons. The number of nitrogens with two attached hydrogens (primary N) is 1. The molecule has 1 aliphatic heterocycles. The van der Waals surface area contributed by atoms with E-state index in [1.54, 1.807) is 36.4 Å². The Morgan fingerprint density at radius 2 is 1.97 bits per heavy atom. The minimum Gasteiger partial charge on any atom is -0.442 e. The van der Waals surface area contributed by atoms with Crippen molar-refractivity contribution in [2.75, 3.05) is 18.0 Å². The molecule has 3 N–H and O–H groups in total. The lowest BCUT2D eigenvalue weighted by Crippen LogP contribution is -2.33. The van der Waals surface area contributed by atoms with Crippen molar-refractivity contribution in [3.05, 3.63) is 53.8 Å². The van der Waals surface area contributed by atoms with Crippen LogP contribution in [-0.2, 0) is 19.2 Å². The van der Waals surface area contributed by atoms with Crippen molar-refractivity contribution in [1.29, 1.82) is 0 Å². The zero-order chi connectivity index (χ0) is 22.5. The fourth-order valence-corrected chi connectivity index (χ4v) is 2.99. The quantitative estimate of drug-likeness (QED) is 0.314. The van der Waals surface area contributed by atoms with Gasteiger partial charge >= 0.3 is 12.1 Å². The number of amidine groups is 1. The Bertz CT molecular complexity index is 1040. The Morgan fingerprint density at radius 1 is 1.26 bits per heavy atom. The molecule has 9 nitrogen and oxygen atoms in total. The van der Waals surface area contributed by atoms with E-state index in [4.69, 9.17) is 10.5 Å². The maximum absolute atomic E-state index is 14.8. The average Bonchev–Trinajstić information content (AvgIpc) is 3.11. The lowest BCUT2D eigenvalue weighted by Gasteiger charge is -2.14. The minimum absolute atomic E-state index is 0.0129. The van der Waals surface area contributed by atoms with Gasteiger partial charge in [-0.1, -0.05) is 29.4 Å². The van der Waals surface area contributed by atoms with Crippen LogP contribution in [0.25, 0.3) is 11.1 Å². The van der Waals surface area contributed by atoms with E-state index in [1.807, 2.05) is 0 Å². The number of nitrogens with one attached hydrogen (secondary N) is 1. The second-order valence-corrected chi connectivity index (χ2v) is 6.85. The Hall–Kier alpha value is -3.95. The Kier molecular flexibility index (Phi) is 6.49. The first kappa shape index (κ1) is 21.8. The number of hydrogen-bond donors (Lipinski definition) is 2. The number of oxime groups is 1. The number of carbonyl (C=O) groups excluding carboxylic acids is 3. The third-order valence-corrected chi connectivity index (χ3v) is 4.48. The summed E-state index contributed by atoms with van der Waals surface area (Å²) < 4.78 is 20.0. The predicted octanol–water partition coefficient (Wildman–Crippen LogP) is 2.14. The standard InChI is InChI=1S/C21H21FN4O5/c1-12(27)24-10-17-11-26(21(29)30-17)16-7-8-18(19(22)9-16)14-3-5-15(6-4-14)20(23)25-31-13(2)28/h3-9,17H,10-11H2,1-2H3,(H2,23,25)(H,24,27). The van der Waals surface area contributed by atoms with Crippen LogP contribution in [0.2, 0.25) is 0 Å². The molecule has 2 aromatic carbocycles. The topological polar surface area (TPSA) is 123 Å². The molecule has 31 heavy (non-hydrogen) atoms. The molecule has 0 bridgehead atoms. The van der Waals surface area contributed by atoms with Gasteiger partial charge in [0, 0.05) is 25.0 Å². The van der Waals surface area contributed by atoms with E-state index in [0.717, 1.165) is 0 Å². The highest BCUT2D eigenvalue weighted by atomic mass is 19.1. The van der Waals surface area contributed by atoms with E-state index in [9.17, 15) is 18.8 Å². The van der Waals surface area contributed by atoms with Crippen molar-refractivity contribution in [3.8, 4) is 11.1 Å². The van der Waals surface area contributed by atoms with Crippen molar-refractivity contribution < 1.29 is 28.3 Å². The van der Waals surface area contributed by atoms with Gasteiger partial charge in [0.1, 0.15) is 11.9 Å². The number of ether oxygens (including phenoxy) is 1. The first-order valence-corrected chi connectivity index (χ1v) is 9.38. The van der Waals surface area contributed by atoms with Crippen LogP contribution < -0.4 is 16.0 Å². The van der Waals surface area contributed by atoms with Gasteiger partial charge in [0.05, 0.1) is 18.8 Å². The summed E-state index contributed by atoms with van der Waals surface area (Å²) in [6.45, 7) is 2.97. The van der Waals surface area contributed by atoms with Crippen molar-refractivity contribution >= 4 is 29.5 Å². The molecule has 0 spiro atoms. The number of rotatable bonds is 6. The van der Waals surface area contributed by atoms with Gasteiger partial charge in [-0.25, -0.2) is 14.0 Å². The van der Waals surface area contributed by atoms with Crippen molar-refractivity contribution in [1.82, 2.24) is 5.32 Å². The number of benzene rings is 2. The maximum Gasteiger partial charge on any atom is 0.414 e. The van der Waals surface area contributed by atoms with E-state index in [1.165, 1.54) is 24.8 Å². The molecule has 2 amide bonds. The van der Waals surface area contributed by atoms with Gasteiger partial charge in [-0.3, -0.25) is 9.69 Å². The summed E-state index contributed by atoms with van der Waals surface area (Å²) >= 11 is 0. The molecule has 162 valence electrons. The number of cyclic esters (lactones) is 1. The second-order valence-electron chi connectivity index (χ2n) is 6.85. The summed E-state index contributed by atoms with van der Waals surface area (Å²) in [5.74, 6) is -1.33. The zero-order valence-electron chi connectivity index (χ0n) is 16.9. The molecule has 2 aromatic rings. The monoisotopic (exact) mass is 428 g/mol. The molecular weight excluding hydrogens is 407 g/mol. The van der Waals surface area contributed by atoms with Crippen LogP contribution in [0.15, 0.2) is 47.6 Å². The molecular formula is C21H21FN4O5. The molecule has 0 aliphatic carbocycles. The number of amides is 2. The predicted molar refractivity (Wildman–Crippen MR) is 111 cm³/mol. The van der Waals surface area contributed by atoms with E-state index in [-0.39, 0.29) is 24.8 Å². The number of nitrogens with zero attached hydrogens (tertiary/aromatic N) is 2. The third-order valence-electron chi connectivity index (χ3n) is 4.48. The summed E-state index contributed by atoms with van der Waals surface area (Å²) in [5.41, 5.74) is 7.51. The van der Waals surface area contributed by atoms with Crippen LogP contribution in [0.5, 0.6) is 0 Å². The van der Waals surface area contributed by atoms with E-state index in [0.29, 0.717) is 22.4 Å². The number of halogens is 1. The summed E-state index contributed by atoms with van der Waals surface area (Å²) in [5, 5.41) is 6.09. The average molecular weight is 428 g/mol. The Balaban J connectivity index is 1.74. The number of carbonyl (C=O) groups is 3. The van der Waals surface area contributed by atoms with Gasteiger partial charge in [0.15, 0.2) is 5.84 Å². The fourth-order valence-electron chi connectivity index (χ4n) is 2.99. The van der Waals surface area contributed by atoms with Crippen molar-refractivity contribution in [2.45, 2.75) is 20.0 Å². The van der Waals surface area contributed by atoms with Crippen LogP contribution in [0.1, 0.15) is 19.4 Å². The Morgan fingerprint density at radius 3 is 2.58 bits per heavy atom. The van der Waals surface area contributed by atoms with Crippen LogP contribution in [0.3, 0.4) is 0 Å². The molecule has 10 heteroatoms. The summed E-state index contributed by atoms with van der Waals surface area (Å²) in [7, 11) is 0. The smallest absolute Gasteiger partial charge is 0.414 e. The summed E-state index contributed by atoms with van der Waals surface area (Å²) in [6.07, 6.45) is -1.11. The molecule has 3 rings (SSSR count). The normalized spacial score (nSPS) is 16.1. The molecule has 0 saturated carbocycles. The highest BCUT2D eigenvalue weighted by Gasteiger charge is 2.32. The van der Waals surface area contributed by atoms with Gasteiger partial charge < -0.3 is 20.6 Å². The lowest BCUT2D eigenvalue weighted by molar-refractivity contribution is -0.140. The van der Waals surface area contributed by atoms with Crippen molar-refractivity contribution in [3.63, 3.8) is 0 Å². The first-order chi connectivity index (χ1) is 14.7. The lowest BCUT2D eigenvalue weighted by atomic mass is 10.0. The minimum atomic E-state index is -0.602. The molecule has 1 unspecified atom stereocenters. The highest BCUT2D eigenvalue weighted by Crippen LogP contribution is 2.29. The van der Waals surface area contributed by atoms with Crippen LogP contribution in [-0.4, -0.2) is 43.0 Å². The van der Waals surface area contributed by atoms with Gasteiger partial charge in [0.2, 0.25) is 5.91 Å². The summed E-state index contributed by atoms with van der Waals surface area (Å²) in [4.78, 5) is 39.7. The van der Waals surface area contributed by atoms with E-state index < -0.39 is 24.0 Å². The highest BCUT2D eigenvalue weighted by molar-refractivity contribution is 5.97. The molecule has 1 saturated heterocycles. The SMILES string of the molecule is CC(=O)NCC1CN(c2ccc(-c3ccc(/C(N)=N/OC(C)=O)cc3)c(F)c2)C(=O)O1. The van der Waals surface area contributed by atoms with E-state index in [2.05, 4.69) is 15.3 Å². The zero-order valence-corrected chi connectivity index (χ0v) is 16.9. The molecule has 1 heterocycles. The Labute approximate surface area is 177 Å². The van der Waals surface area contributed by atoms with Crippen molar-refractivity contribution in [2.24, 2.45) is 10.9 Å². The van der Waals surface area contributed by atoms with Gasteiger partial charge in [-0.2, -0.15) is 0 Å². The second kappa shape index (κ2) is 9.24. The fraction of sp³-hybridized carbons (Fsp3) is 0.238. The van der Waals surface area contributed by atoms with Gasteiger partial charge in [0.25, 0.3) is 0 Å². The van der Waals surface area contributed by atoms with Gasteiger partial charge in [-0.05, 0) is 23.8 Å². The first-order valence-electron chi connectivity index (χ1n) is 9.38. The largest absolute Gasteiger partial charge is 0.442 e. The van der Waals surface area contributed by atoms with E-state index >= 15 is 0 Å². The van der Waals surface area contributed by atoms with Gasteiger partial charge in [-0.15, -0.1) is 0 Å². The third kappa shape index (κ3) is 5.35. The maximum atomic E-state index is 14.8. The molecule has 1 aliphatic rings. The molecule has 1 fully saturated rings. The van der Waals surface area contributed by atoms with Crippen LogP contribution >= 0.6 is 0 Å². The number of hydrogen-bond acceptors (Lipinski definition) is 6. The molecule has 1 atom stereocenters. The van der Waals surface area contributed by atoms with Crippen LogP contribution in [0, 0.1) is 5.82 Å². The summed E-state index contributed by atoms with van der Waals surface area (Å²) in [6, 6.07) is 11.0.